The van der Waals surface area contributed by atoms with Crippen LogP contribution in [0.1, 0.15) is 45.4 Å². The normalized spacial score (nSPS) is 26.9. The smallest absolute Gasteiger partial charge is 0.224 e. The van der Waals surface area contributed by atoms with Crippen LogP contribution in [0.2, 0.25) is 0 Å². The molecular formula is C16H31N3O. The molecular weight excluding hydrogens is 250 g/mol. The summed E-state index contributed by atoms with van der Waals surface area (Å²) in [5.41, 5.74) is 0.202. The zero-order chi connectivity index (χ0) is 14.6. The molecule has 0 aromatic heterocycles. The number of likely N-dealkylation sites (N-methyl/N-ethyl adjacent to an activating group) is 1. The van der Waals surface area contributed by atoms with Crippen LogP contribution in [0.15, 0.2) is 0 Å². The highest BCUT2D eigenvalue weighted by molar-refractivity contribution is 5.79. The van der Waals surface area contributed by atoms with Gasteiger partial charge in [-0.3, -0.25) is 9.69 Å². The number of nitrogens with zero attached hydrogens (tertiary/aromatic N) is 2. The lowest BCUT2D eigenvalue weighted by Crippen LogP contribution is -2.55. The van der Waals surface area contributed by atoms with E-state index in [2.05, 4.69) is 36.1 Å². The molecule has 0 bridgehead atoms. The zero-order valence-corrected chi connectivity index (χ0v) is 13.5. The maximum absolute atomic E-state index is 12.3. The van der Waals surface area contributed by atoms with E-state index in [4.69, 9.17) is 0 Å². The summed E-state index contributed by atoms with van der Waals surface area (Å²) in [5.74, 6) is 0.469. The Morgan fingerprint density at radius 3 is 2.60 bits per heavy atom. The van der Waals surface area contributed by atoms with Gasteiger partial charge in [0.25, 0.3) is 0 Å². The molecule has 20 heavy (non-hydrogen) atoms. The van der Waals surface area contributed by atoms with Crippen molar-refractivity contribution in [1.82, 2.24) is 15.1 Å². The summed E-state index contributed by atoms with van der Waals surface area (Å²) in [5, 5.41) is 3.26. The summed E-state index contributed by atoms with van der Waals surface area (Å²) < 4.78 is 0. The standard InChI is InChI=1S/C16H31N3O/c1-4-19(3)16(9-6-5-7-10-16)13-17-15(20)14-8-11-18(2)12-14/h14H,4-13H2,1-3H3,(H,17,20)/t14-/m1/s1. The minimum Gasteiger partial charge on any atom is -0.354 e. The lowest BCUT2D eigenvalue weighted by Gasteiger charge is -2.44. The van der Waals surface area contributed by atoms with Gasteiger partial charge < -0.3 is 10.2 Å². The van der Waals surface area contributed by atoms with E-state index in [1.807, 2.05) is 0 Å². The average molecular weight is 281 g/mol. The molecule has 116 valence electrons. The molecule has 0 spiro atoms. The van der Waals surface area contributed by atoms with Gasteiger partial charge in [-0.1, -0.05) is 26.2 Å². The van der Waals surface area contributed by atoms with Crippen molar-refractivity contribution in [2.45, 2.75) is 51.0 Å². The largest absolute Gasteiger partial charge is 0.354 e. The fourth-order valence-corrected chi connectivity index (χ4v) is 3.78. The number of amides is 1. The van der Waals surface area contributed by atoms with Gasteiger partial charge in [-0.05, 0) is 46.4 Å². The van der Waals surface area contributed by atoms with Gasteiger partial charge in [-0.2, -0.15) is 0 Å². The number of hydrogen-bond acceptors (Lipinski definition) is 3. The third-order valence-electron chi connectivity index (χ3n) is 5.42. The Morgan fingerprint density at radius 1 is 1.35 bits per heavy atom. The molecule has 2 aliphatic rings. The Balaban J connectivity index is 1.90. The van der Waals surface area contributed by atoms with Gasteiger partial charge in [0.15, 0.2) is 0 Å². The van der Waals surface area contributed by atoms with Crippen molar-refractivity contribution in [3.63, 3.8) is 0 Å². The lowest BCUT2D eigenvalue weighted by molar-refractivity contribution is -0.125. The molecule has 2 fully saturated rings. The topological polar surface area (TPSA) is 35.6 Å². The van der Waals surface area contributed by atoms with Crippen LogP contribution in [0.25, 0.3) is 0 Å². The first-order valence-corrected chi connectivity index (χ1v) is 8.25. The van der Waals surface area contributed by atoms with E-state index < -0.39 is 0 Å². The van der Waals surface area contributed by atoms with Crippen molar-refractivity contribution in [2.75, 3.05) is 40.3 Å². The van der Waals surface area contributed by atoms with Crippen LogP contribution >= 0.6 is 0 Å². The first-order chi connectivity index (χ1) is 9.57. The van der Waals surface area contributed by atoms with E-state index in [9.17, 15) is 4.79 Å². The lowest BCUT2D eigenvalue weighted by atomic mass is 9.80. The van der Waals surface area contributed by atoms with Crippen LogP contribution < -0.4 is 5.32 Å². The molecule has 0 aromatic rings. The molecule has 1 amide bonds. The maximum Gasteiger partial charge on any atom is 0.224 e. The molecule has 0 unspecified atom stereocenters. The predicted octanol–water partition coefficient (Wildman–Crippen LogP) is 1.71. The van der Waals surface area contributed by atoms with Crippen molar-refractivity contribution < 1.29 is 4.79 Å². The van der Waals surface area contributed by atoms with Gasteiger partial charge in [0.2, 0.25) is 5.91 Å². The first-order valence-electron chi connectivity index (χ1n) is 8.25. The fraction of sp³-hybridized carbons (Fsp3) is 0.938. The molecule has 4 nitrogen and oxygen atoms in total. The molecule has 1 aliphatic heterocycles. The number of carbonyl (C=O) groups is 1. The molecule has 1 aliphatic carbocycles. The minimum absolute atomic E-state index is 0.201. The number of rotatable bonds is 5. The first kappa shape index (κ1) is 15.8. The number of hydrogen-bond donors (Lipinski definition) is 1. The van der Waals surface area contributed by atoms with Crippen LogP contribution in [0, 0.1) is 5.92 Å². The van der Waals surface area contributed by atoms with Crippen molar-refractivity contribution in [1.29, 1.82) is 0 Å². The van der Waals surface area contributed by atoms with Crippen molar-refractivity contribution >= 4 is 5.91 Å². The summed E-state index contributed by atoms with van der Waals surface area (Å²) in [6.45, 7) is 6.07. The second-order valence-corrected chi connectivity index (χ2v) is 6.76. The Kier molecular flexibility index (Phi) is 5.44. The summed E-state index contributed by atoms with van der Waals surface area (Å²) in [6.07, 6.45) is 7.41. The molecule has 1 saturated carbocycles. The molecule has 4 heteroatoms. The maximum atomic E-state index is 12.3. The predicted molar refractivity (Wildman–Crippen MR) is 82.7 cm³/mol. The highest BCUT2D eigenvalue weighted by atomic mass is 16.1. The van der Waals surface area contributed by atoms with Gasteiger partial charge in [0.1, 0.15) is 0 Å². The van der Waals surface area contributed by atoms with Crippen LogP contribution in [-0.2, 0) is 4.79 Å². The molecule has 1 saturated heterocycles. The van der Waals surface area contributed by atoms with Crippen LogP contribution in [-0.4, -0.2) is 61.5 Å². The molecule has 1 atom stereocenters. The minimum atomic E-state index is 0.201. The van der Waals surface area contributed by atoms with Crippen molar-refractivity contribution in [2.24, 2.45) is 5.92 Å². The molecule has 0 radical (unpaired) electrons. The molecule has 0 aromatic carbocycles. The highest BCUT2D eigenvalue weighted by Gasteiger charge is 2.36. The summed E-state index contributed by atoms with van der Waals surface area (Å²) >= 11 is 0. The van der Waals surface area contributed by atoms with Crippen LogP contribution in [0.5, 0.6) is 0 Å². The van der Waals surface area contributed by atoms with Crippen LogP contribution in [0.3, 0.4) is 0 Å². The van der Waals surface area contributed by atoms with E-state index in [0.717, 1.165) is 32.6 Å². The third kappa shape index (κ3) is 3.53. The fourth-order valence-electron chi connectivity index (χ4n) is 3.78. The van der Waals surface area contributed by atoms with Gasteiger partial charge in [-0.15, -0.1) is 0 Å². The summed E-state index contributed by atoms with van der Waals surface area (Å²) in [7, 11) is 4.31. The summed E-state index contributed by atoms with van der Waals surface area (Å²) in [6, 6.07) is 0. The summed E-state index contributed by atoms with van der Waals surface area (Å²) in [4.78, 5) is 17.0. The van der Waals surface area contributed by atoms with E-state index in [1.165, 1.54) is 32.1 Å². The number of nitrogens with one attached hydrogen (secondary N) is 1. The van der Waals surface area contributed by atoms with E-state index in [1.54, 1.807) is 0 Å². The van der Waals surface area contributed by atoms with Gasteiger partial charge >= 0.3 is 0 Å². The Hall–Kier alpha value is -0.610. The van der Waals surface area contributed by atoms with Crippen molar-refractivity contribution in [3.05, 3.63) is 0 Å². The van der Waals surface area contributed by atoms with E-state index in [-0.39, 0.29) is 17.4 Å². The van der Waals surface area contributed by atoms with Gasteiger partial charge in [0.05, 0.1) is 5.92 Å². The van der Waals surface area contributed by atoms with Gasteiger partial charge in [0, 0.05) is 18.6 Å². The Bertz CT molecular complexity index is 326. The Morgan fingerprint density at radius 2 is 2.05 bits per heavy atom. The second-order valence-electron chi connectivity index (χ2n) is 6.76. The monoisotopic (exact) mass is 281 g/mol. The van der Waals surface area contributed by atoms with Gasteiger partial charge in [-0.25, -0.2) is 0 Å². The van der Waals surface area contributed by atoms with Crippen molar-refractivity contribution in [3.8, 4) is 0 Å². The van der Waals surface area contributed by atoms with E-state index >= 15 is 0 Å². The Labute approximate surface area is 123 Å². The molecule has 1 heterocycles. The molecule has 2 rings (SSSR count). The number of likely N-dealkylation sites (tertiary alicyclic amines) is 1. The van der Waals surface area contributed by atoms with E-state index in [0.29, 0.717) is 0 Å². The third-order valence-corrected chi connectivity index (χ3v) is 5.42. The molecule has 1 N–H and O–H groups in total. The second kappa shape index (κ2) is 6.90. The SMILES string of the molecule is CCN(C)C1(CNC(=O)[C@@H]2CCN(C)C2)CCCCC1. The average Bonchev–Trinajstić information content (AvgIpc) is 2.91. The van der Waals surface area contributed by atoms with Crippen LogP contribution in [0.4, 0.5) is 0 Å². The number of carbonyl (C=O) groups excluding carboxylic acids is 1. The highest BCUT2D eigenvalue weighted by Crippen LogP contribution is 2.32. The zero-order valence-electron chi connectivity index (χ0n) is 13.5. The quantitative estimate of drug-likeness (QED) is 0.833.